The highest BCUT2D eigenvalue weighted by Crippen LogP contribution is 2.13. The van der Waals surface area contributed by atoms with Crippen molar-refractivity contribution in [1.29, 1.82) is 0 Å². The molecule has 0 saturated carbocycles. The van der Waals surface area contributed by atoms with E-state index in [9.17, 15) is 9.00 Å². The SMILES string of the molecule is CC(C)=CCC/C(C)=C/CC/C(C)=C/CC/C(C)=C/COC(=O)NS(N)=O. The van der Waals surface area contributed by atoms with Crippen molar-refractivity contribution >= 4 is 17.3 Å². The van der Waals surface area contributed by atoms with Gasteiger partial charge < -0.3 is 4.74 Å². The quantitative estimate of drug-likeness (QED) is 0.434. The van der Waals surface area contributed by atoms with Gasteiger partial charge >= 0.3 is 6.09 Å². The van der Waals surface area contributed by atoms with Gasteiger partial charge in [-0.05, 0) is 79.2 Å². The molecule has 154 valence electrons. The predicted molar refractivity (Wildman–Crippen MR) is 115 cm³/mol. The van der Waals surface area contributed by atoms with E-state index < -0.39 is 17.3 Å². The van der Waals surface area contributed by atoms with Crippen molar-refractivity contribution in [2.45, 2.75) is 73.1 Å². The first-order valence-electron chi connectivity index (χ1n) is 9.40. The summed E-state index contributed by atoms with van der Waals surface area (Å²) in [5.74, 6) is 0. The Morgan fingerprint density at radius 1 is 0.852 bits per heavy atom. The second-order valence-corrected chi connectivity index (χ2v) is 7.85. The maximum absolute atomic E-state index is 11.1. The first-order chi connectivity index (χ1) is 12.7. The van der Waals surface area contributed by atoms with E-state index in [2.05, 4.69) is 45.9 Å². The Morgan fingerprint density at radius 2 is 1.30 bits per heavy atom. The maximum atomic E-state index is 11.1. The highest BCUT2D eigenvalue weighted by molar-refractivity contribution is 7.81. The summed E-state index contributed by atoms with van der Waals surface area (Å²) in [5, 5.41) is 4.93. The molecule has 27 heavy (non-hydrogen) atoms. The van der Waals surface area contributed by atoms with Crippen molar-refractivity contribution < 1.29 is 13.7 Å². The number of rotatable bonds is 12. The van der Waals surface area contributed by atoms with Crippen LogP contribution in [0.4, 0.5) is 4.79 Å². The highest BCUT2D eigenvalue weighted by atomic mass is 32.2. The molecule has 0 fully saturated rings. The number of carbonyl (C=O) groups excluding carboxylic acids is 1. The minimum Gasteiger partial charge on any atom is -0.445 e. The highest BCUT2D eigenvalue weighted by Gasteiger charge is 2.01. The summed E-state index contributed by atoms with van der Waals surface area (Å²) in [6, 6.07) is 0. The van der Waals surface area contributed by atoms with E-state index >= 15 is 0 Å². The van der Waals surface area contributed by atoms with Gasteiger partial charge in [0.2, 0.25) is 0 Å². The number of amides is 1. The van der Waals surface area contributed by atoms with Gasteiger partial charge in [-0.2, -0.15) is 0 Å². The minimum atomic E-state index is -1.89. The molecule has 6 heteroatoms. The van der Waals surface area contributed by atoms with E-state index in [1.807, 2.05) is 17.7 Å². The third kappa shape index (κ3) is 17.5. The first-order valence-corrected chi connectivity index (χ1v) is 10.6. The zero-order valence-corrected chi connectivity index (χ0v) is 18.3. The number of ether oxygens (including phenoxy) is 1. The molecule has 0 aromatic carbocycles. The summed E-state index contributed by atoms with van der Waals surface area (Å²) in [5.41, 5.74) is 5.39. The third-order valence-electron chi connectivity index (χ3n) is 3.98. The lowest BCUT2D eigenvalue weighted by Gasteiger charge is -2.04. The van der Waals surface area contributed by atoms with E-state index in [-0.39, 0.29) is 6.61 Å². The van der Waals surface area contributed by atoms with Crippen molar-refractivity contribution in [2.24, 2.45) is 5.14 Å². The van der Waals surface area contributed by atoms with Crippen LogP contribution in [0, 0.1) is 0 Å². The Bertz CT molecular complexity index is 601. The van der Waals surface area contributed by atoms with Gasteiger partial charge in [0.15, 0.2) is 11.2 Å². The van der Waals surface area contributed by atoms with Gasteiger partial charge in [-0.15, -0.1) is 0 Å². The topological polar surface area (TPSA) is 81.4 Å². The molecule has 1 amide bonds. The first kappa shape index (κ1) is 25.3. The van der Waals surface area contributed by atoms with Crippen LogP contribution in [-0.2, 0) is 15.9 Å². The summed E-state index contributed by atoms with van der Waals surface area (Å²) >= 11 is -1.89. The van der Waals surface area contributed by atoms with Crippen molar-refractivity contribution in [1.82, 2.24) is 4.72 Å². The zero-order chi connectivity index (χ0) is 20.7. The Balaban J connectivity index is 4.03. The second-order valence-electron chi connectivity index (χ2n) is 7.05. The molecule has 0 rings (SSSR count). The number of hydrogen-bond donors (Lipinski definition) is 2. The minimum absolute atomic E-state index is 0.147. The lowest BCUT2D eigenvalue weighted by atomic mass is 10.0. The van der Waals surface area contributed by atoms with Crippen LogP contribution in [0.5, 0.6) is 0 Å². The molecule has 0 heterocycles. The third-order valence-corrected chi connectivity index (χ3v) is 4.35. The standard InChI is InChI=1S/C21H36N2O3S/c1-17(2)9-6-10-18(3)11-7-12-19(4)13-8-14-20(5)15-16-26-21(24)23-27(22)25/h9,11,13,15H,6-8,10,12,14,16,22H2,1-5H3,(H,23,24)/b18-11+,19-13+,20-15+. The summed E-state index contributed by atoms with van der Waals surface area (Å²) in [7, 11) is 0. The fraction of sp³-hybridized carbons (Fsp3) is 0.571. The summed E-state index contributed by atoms with van der Waals surface area (Å²) in [6.07, 6.45) is 14.3. The number of nitrogens with two attached hydrogens (primary N) is 1. The van der Waals surface area contributed by atoms with E-state index in [0.717, 1.165) is 44.1 Å². The van der Waals surface area contributed by atoms with Gasteiger partial charge in [-0.3, -0.25) is 0 Å². The number of carbonyl (C=O) groups is 1. The fourth-order valence-electron chi connectivity index (χ4n) is 2.36. The van der Waals surface area contributed by atoms with Gasteiger partial charge in [0.1, 0.15) is 6.61 Å². The average molecular weight is 397 g/mol. The fourth-order valence-corrected chi connectivity index (χ4v) is 2.58. The van der Waals surface area contributed by atoms with E-state index in [0.29, 0.717) is 0 Å². The van der Waals surface area contributed by atoms with Crippen LogP contribution in [-0.4, -0.2) is 16.9 Å². The number of nitrogens with one attached hydrogen (secondary N) is 1. The van der Waals surface area contributed by atoms with Gasteiger partial charge in [-0.25, -0.2) is 18.9 Å². The van der Waals surface area contributed by atoms with Crippen molar-refractivity contribution in [3.63, 3.8) is 0 Å². The summed E-state index contributed by atoms with van der Waals surface area (Å²) < 4.78 is 17.4. The Hall–Kier alpha value is -1.66. The molecule has 1 atom stereocenters. The lowest BCUT2D eigenvalue weighted by Crippen LogP contribution is -2.30. The molecule has 0 aliphatic heterocycles. The van der Waals surface area contributed by atoms with E-state index in [1.165, 1.54) is 16.7 Å². The summed E-state index contributed by atoms with van der Waals surface area (Å²) in [4.78, 5) is 11.1. The monoisotopic (exact) mass is 396 g/mol. The van der Waals surface area contributed by atoms with Gasteiger partial charge in [-0.1, -0.05) is 40.5 Å². The van der Waals surface area contributed by atoms with E-state index in [4.69, 9.17) is 9.88 Å². The van der Waals surface area contributed by atoms with Crippen LogP contribution in [0.25, 0.3) is 0 Å². The van der Waals surface area contributed by atoms with Crippen LogP contribution < -0.4 is 9.86 Å². The molecule has 5 nitrogen and oxygen atoms in total. The molecule has 0 saturated heterocycles. The van der Waals surface area contributed by atoms with Crippen LogP contribution in [0.15, 0.2) is 46.6 Å². The number of hydrogen-bond acceptors (Lipinski definition) is 3. The van der Waals surface area contributed by atoms with Crippen LogP contribution >= 0.6 is 0 Å². The molecule has 3 N–H and O–H groups in total. The van der Waals surface area contributed by atoms with E-state index in [1.54, 1.807) is 0 Å². The molecule has 0 aliphatic rings. The molecule has 0 bridgehead atoms. The van der Waals surface area contributed by atoms with Crippen molar-refractivity contribution in [3.05, 3.63) is 46.6 Å². The maximum Gasteiger partial charge on any atom is 0.420 e. The van der Waals surface area contributed by atoms with Gasteiger partial charge in [0.05, 0.1) is 0 Å². The molecule has 0 aliphatic carbocycles. The van der Waals surface area contributed by atoms with Crippen molar-refractivity contribution in [2.75, 3.05) is 6.61 Å². The van der Waals surface area contributed by atoms with Gasteiger partial charge in [0, 0.05) is 0 Å². The molecule has 0 aromatic heterocycles. The summed E-state index contributed by atoms with van der Waals surface area (Å²) in [6.45, 7) is 10.8. The molecular formula is C21H36N2O3S. The van der Waals surface area contributed by atoms with Crippen LogP contribution in [0.2, 0.25) is 0 Å². The largest absolute Gasteiger partial charge is 0.445 e. The molecule has 0 radical (unpaired) electrons. The lowest BCUT2D eigenvalue weighted by molar-refractivity contribution is 0.165. The Kier molecular flexibility index (Phi) is 14.5. The van der Waals surface area contributed by atoms with Crippen LogP contribution in [0.3, 0.4) is 0 Å². The molecular weight excluding hydrogens is 360 g/mol. The van der Waals surface area contributed by atoms with Crippen LogP contribution in [0.1, 0.15) is 73.1 Å². The normalized spacial score (nSPS) is 13.9. The average Bonchev–Trinajstić information content (AvgIpc) is 2.53. The molecule has 1 unspecified atom stereocenters. The molecule has 0 spiro atoms. The second kappa shape index (κ2) is 15.4. The smallest absolute Gasteiger partial charge is 0.420 e. The van der Waals surface area contributed by atoms with Crippen molar-refractivity contribution in [3.8, 4) is 0 Å². The Labute approximate surface area is 167 Å². The zero-order valence-electron chi connectivity index (χ0n) is 17.5. The van der Waals surface area contributed by atoms with Gasteiger partial charge in [0.25, 0.3) is 0 Å². The molecule has 0 aromatic rings. The number of allylic oxidation sites excluding steroid dienone is 7. The predicted octanol–water partition coefficient (Wildman–Crippen LogP) is 5.40. The Morgan fingerprint density at radius 3 is 1.74 bits per heavy atom.